The van der Waals surface area contributed by atoms with Crippen LogP contribution in [0.25, 0.3) is 10.9 Å². The number of piperidine rings is 1. The van der Waals surface area contributed by atoms with Crippen LogP contribution in [-0.4, -0.2) is 68.4 Å². The van der Waals surface area contributed by atoms with E-state index in [0.29, 0.717) is 6.61 Å². The lowest BCUT2D eigenvalue weighted by Gasteiger charge is -2.48. The number of carbonyl (C=O) groups excluding carboxylic acids is 1. The molecule has 1 N–H and O–H groups in total. The smallest absolute Gasteiger partial charge is 0.253 e. The molecule has 1 aliphatic rings. The lowest BCUT2D eigenvalue weighted by atomic mass is 9.85. The normalized spacial score (nSPS) is 16.2. The van der Waals surface area contributed by atoms with Crippen molar-refractivity contribution in [2.24, 2.45) is 0 Å². The lowest BCUT2D eigenvalue weighted by molar-refractivity contribution is -0.124. The Kier molecular flexibility index (Phi) is 7.81. The predicted molar refractivity (Wildman–Crippen MR) is 133 cm³/mol. The summed E-state index contributed by atoms with van der Waals surface area (Å²) in [5.41, 5.74) is 3.14. The first-order valence-corrected chi connectivity index (χ1v) is 11.8. The molecule has 1 aliphatic heterocycles. The minimum absolute atomic E-state index is 0.0199. The summed E-state index contributed by atoms with van der Waals surface area (Å²) in [4.78, 5) is 21.0. The number of fused-ring (bicyclic) bond motifs is 1. The zero-order valence-electron chi connectivity index (χ0n) is 19.8. The third-order valence-corrected chi connectivity index (χ3v) is 6.80. The van der Waals surface area contributed by atoms with E-state index in [9.17, 15) is 4.79 Å². The topological polar surface area (TPSA) is 57.8 Å². The van der Waals surface area contributed by atoms with E-state index in [4.69, 9.17) is 9.47 Å². The first-order valence-electron chi connectivity index (χ1n) is 11.8. The van der Waals surface area contributed by atoms with Crippen LogP contribution in [0.4, 0.5) is 5.69 Å². The van der Waals surface area contributed by atoms with E-state index in [1.165, 1.54) is 16.5 Å². The highest BCUT2D eigenvalue weighted by atomic mass is 16.5. The molecule has 2 aromatic carbocycles. The molecular formula is C27H35N3O3. The molecular weight excluding hydrogens is 414 g/mol. The highest BCUT2D eigenvalue weighted by Gasteiger charge is 2.43. The van der Waals surface area contributed by atoms with Gasteiger partial charge in [0.1, 0.15) is 6.61 Å². The zero-order valence-corrected chi connectivity index (χ0v) is 19.8. The number of anilines is 1. The van der Waals surface area contributed by atoms with Gasteiger partial charge in [-0.15, -0.1) is 0 Å². The van der Waals surface area contributed by atoms with Gasteiger partial charge in [-0.05, 0) is 56.0 Å². The fourth-order valence-electron chi connectivity index (χ4n) is 5.17. The summed E-state index contributed by atoms with van der Waals surface area (Å²) in [7, 11) is 3.29. The Hall–Kier alpha value is -2.67. The summed E-state index contributed by atoms with van der Waals surface area (Å²) >= 11 is 0. The fourth-order valence-corrected chi connectivity index (χ4v) is 5.17. The number of carbonyl (C=O) groups is 1. The summed E-state index contributed by atoms with van der Waals surface area (Å²) < 4.78 is 10.9. The molecule has 3 aromatic rings. The van der Waals surface area contributed by atoms with Crippen molar-refractivity contribution in [3.8, 4) is 0 Å². The number of H-pyrrole nitrogens is 1. The van der Waals surface area contributed by atoms with Crippen LogP contribution >= 0.6 is 0 Å². The van der Waals surface area contributed by atoms with Crippen LogP contribution in [-0.2, 0) is 20.7 Å². The minimum Gasteiger partial charge on any atom is -0.382 e. The maximum absolute atomic E-state index is 13.1. The van der Waals surface area contributed by atoms with Gasteiger partial charge < -0.3 is 24.3 Å². The lowest BCUT2D eigenvalue weighted by Crippen LogP contribution is -2.61. The first-order chi connectivity index (χ1) is 16.2. The Bertz CT molecular complexity index is 1030. The molecule has 0 bridgehead atoms. The number of hydrogen-bond acceptors (Lipinski definition) is 4. The molecule has 1 saturated heterocycles. The summed E-state index contributed by atoms with van der Waals surface area (Å²) in [6.07, 6.45) is 6.07. The number of methoxy groups -OCH3 is 2. The molecule has 1 amide bonds. The second-order valence-corrected chi connectivity index (χ2v) is 8.96. The number of likely N-dealkylation sites (tertiary alicyclic amines) is 1. The molecule has 0 atom stereocenters. The number of ether oxygens (including phenoxy) is 2. The van der Waals surface area contributed by atoms with Gasteiger partial charge in [0.2, 0.25) is 0 Å². The summed E-state index contributed by atoms with van der Waals surface area (Å²) in [5.74, 6) is -0.0199. The van der Waals surface area contributed by atoms with Gasteiger partial charge in [0.15, 0.2) is 0 Å². The van der Waals surface area contributed by atoms with E-state index in [-0.39, 0.29) is 18.1 Å². The van der Waals surface area contributed by atoms with Crippen LogP contribution in [0.1, 0.15) is 24.8 Å². The van der Waals surface area contributed by atoms with Gasteiger partial charge in [0.05, 0.1) is 12.1 Å². The van der Waals surface area contributed by atoms with Gasteiger partial charge in [-0.1, -0.05) is 36.4 Å². The maximum Gasteiger partial charge on any atom is 0.253 e. The van der Waals surface area contributed by atoms with Crippen molar-refractivity contribution in [1.29, 1.82) is 0 Å². The monoisotopic (exact) mass is 449 g/mol. The Morgan fingerprint density at radius 3 is 2.48 bits per heavy atom. The highest BCUT2D eigenvalue weighted by molar-refractivity contribution is 5.95. The van der Waals surface area contributed by atoms with Crippen LogP contribution in [0.2, 0.25) is 0 Å². The Morgan fingerprint density at radius 2 is 1.76 bits per heavy atom. The number of rotatable bonds is 10. The van der Waals surface area contributed by atoms with Gasteiger partial charge in [0, 0.05) is 50.1 Å². The SMILES string of the molecule is COCC(=O)N(c1ccccc1)C1(COC)CCN(CCCc2c[nH]c3ccccc23)CC1. The van der Waals surface area contributed by atoms with Gasteiger partial charge >= 0.3 is 0 Å². The number of para-hydroxylation sites is 2. The van der Waals surface area contributed by atoms with Crippen LogP contribution in [0.3, 0.4) is 0 Å². The average Bonchev–Trinajstić information content (AvgIpc) is 3.25. The Balaban J connectivity index is 1.41. The van der Waals surface area contributed by atoms with E-state index in [0.717, 1.165) is 51.0 Å². The van der Waals surface area contributed by atoms with Crippen LogP contribution in [0.5, 0.6) is 0 Å². The maximum atomic E-state index is 13.1. The van der Waals surface area contributed by atoms with E-state index in [1.54, 1.807) is 14.2 Å². The molecule has 6 heteroatoms. The second-order valence-electron chi connectivity index (χ2n) is 8.96. The molecule has 0 radical (unpaired) electrons. The molecule has 33 heavy (non-hydrogen) atoms. The van der Waals surface area contributed by atoms with Crippen molar-refractivity contribution in [3.05, 3.63) is 66.4 Å². The average molecular weight is 450 g/mol. The van der Waals surface area contributed by atoms with Crippen molar-refractivity contribution < 1.29 is 14.3 Å². The van der Waals surface area contributed by atoms with Crippen LogP contribution < -0.4 is 4.90 Å². The third kappa shape index (κ3) is 5.29. The van der Waals surface area contributed by atoms with Crippen LogP contribution in [0, 0.1) is 0 Å². The van der Waals surface area contributed by atoms with Crippen molar-refractivity contribution in [1.82, 2.24) is 9.88 Å². The molecule has 0 aliphatic carbocycles. The fraction of sp³-hybridized carbons (Fsp3) is 0.444. The number of benzene rings is 2. The van der Waals surface area contributed by atoms with E-state index in [2.05, 4.69) is 40.3 Å². The van der Waals surface area contributed by atoms with Gasteiger partial charge in [-0.3, -0.25) is 4.79 Å². The zero-order chi connectivity index (χ0) is 23.1. The first kappa shape index (κ1) is 23.5. The Morgan fingerprint density at radius 1 is 1.03 bits per heavy atom. The number of aromatic amines is 1. The van der Waals surface area contributed by atoms with Gasteiger partial charge in [-0.2, -0.15) is 0 Å². The molecule has 4 rings (SSSR count). The van der Waals surface area contributed by atoms with Gasteiger partial charge in [-0.25, -0.2) is 0 Å². The number of aromatic nitrogens is 1. The number of hydrogen-bond donors (Lipinski definition) is 1. The van der Waals surface area contributed by atoms with Crippen molar-refractivity contribution in [2.75, 3.05) is 52.0 Å². The van der Waals surface area contributed by atoms with E-state index in [1.807, 2.05) is 35.2 Å². The number of amides is 1. The van der Waals surface area contributed by atoms with Crippen molar-refractivity contribution >= 4 is 22.5 Å². The highest BCUT2D eigenvalue weighted by Crippen LogP contribution is 2.34. The number of aryl methyl sites for hydroxylation is 1. The van der Waals surface area contributed by atoms with Crippen LogP contribution in [0.15, 0.2) is 60.8 Å². The molecule has 0 saturated carbocycles. The van der Waals surface area contributed by atoms with Gasteiger partial charge in [0.25, 0.3) is 5.91 Å². The summed E-state index contributed by atoms with van der Waals surface area (Å²) in [6.45, 7) is 3.52. The second kappa shape index (κ2) is 11.0. The molecule has 0 spiro atoms. The summed E-state index contributed by atoms with van der Waals surface area (Å²) in [6, 6.07) is 18.4. The van der Waals surface area contributed by atoms with E-state index >= 15 is 0 Å². The number of nitrogens with zero attached hydrogens (tertiary/aromatic N) is 2. The summed E-state index contributed by atoms with van der Waals surface area (Å²) in [5, 5.41) is 1.32. The molecule has 176 valence electrons. The largest absolute Gasteiger partial charge is 0.382 e. The predicted octanol–water partition coefficient (Wildman–Crippen LogP) is 4.26. The third-order valence-electron chi connectivity index (χ3n) is 6.80. The van der Waals surface area contributed by atoms with Crippen molar-refractivity contribution in [3.63, 3.8) is 0 Å². The minimum atomic E-state index is -0.362. The molecule has 1 aromatic heterocycles. The number of nitrogens with one attached hydrogen (secondary N) is 1. The molecule has 6 nitrogen and oxygen atoms in total. The molecule has 0 unspecified atom stereocenters. The standard InChI is InChI=1S/C27H35N3O3/c1-32-20-26(31)30(23-10-4-3-5-11-23)27(21-33-2)14-17-29(18-15-27)16-8-9-22-19-28-25-13-7-6-12-24(22)25/h3-7,10-13,19,28H,8-9,14-18,20-21H2,1-2H3. The molecule has 2 heterocycles. The van der Waals surface area contributed by atoms with Crippen molar-refractivity contribution in [2.45, 2.75) is 31.2 Å². The molecule has 1 fully saturated rings. The Labute approximate surface area is 196 Å². The quantitative estimate of drug-likeness (QED) is 0.502. The van der Waals surface area contributed by atoms with E-state index < -0.39 is 0 Å².